The Morgan fingerprint density at radius 2 is 2.11 bits per heavy atom. The number of carbonyl (C=O) groups is 1. The van der Waals surface area contributed by atoms with Crippen molar-refractivity contribution in [2.75, 3.05) is 31.2 Å². The summed E-state index contributed by atoms with van der Waals surface area (Å²) < 4.78 is 7.56. The van der Waals surface area contributed by atoms with Crippen LogP contribution in [0, 0.1) is 12.8 Å². The van der Waals surface area contributed by atoms with Gasteiger partial charge in [0.1, 0.15) is 0 Å². The first kappa shape index (κ1) is 19.0. The van der Waals surface area contributed by atoms with E-state index in [4.69, 9.17) is 9.84 Å². The first-order chi connectivity index (χ1) is 13.6. The maximum atomic E-state index is 12.0. The minimum absolute atomic E-state index is 0.134. The van der Waals surface area contributed by atoms with Gasteiger partial charge in [0.15, 0.2) is 5.82 Å². The first-order valence-electron chi connectivity index (χ1n) is 10.3. The van der Waals surface area contributed by atoms with Crippen molar-refractivity contribution in [1.29, 1.82) is 0 Å². The number of aryl methyl sites for hydroxylation is 1. The number of anilines is 2. The Labute approximate surface area is 167 Å². The largest absolute Gasteiger partial charge is 0.381 e. The molecule has 0 spiro atoms. The molecule has 0 bridgehead atoms. The van der Waals surface area contributed by atoms with E-state index in [1.807, 2.05) is 4.90 Å². The van der Waals surface area contributed by atoms with E-state index >= 15 is 0 Å². The fourth-order valence-corrected chi connectivity index (χ4v) is 4.17. The van der Waals surface area contributed by atoms with Gasteiger partial charge in [0.25, 0.3) is 0 Å². The minimum Gasteiger partial charge on any atom is -0.381 e. The second kappa shape index (κ2) is 7.95. The molecule has 0 atom stereocenters. The molecule has 0 unspecified atom stereocenters. The lowest BCUT2D eigenvalue weighted by molar-refractivity contribution is -0.129. The zero-order valence-corrected chi connectivity index (χ0v) is 17.1. The van der Waals surface area contributed by atoms with Crippen molar-refractivity contribution in [2.45, 2.75) is 46.7 Å². The number of fused-ring (bicyclic) bond motifs is 1. The molecule has 3 heterocycles. The number of amides is 1. The Morgan fingerprint density at radius 3 is 2.75 bits per heavy atom. The van der Waals surface area contributed by atoms with Gasteiger partial charge in [-0.1, -0.05) is 25.1 Å². The molecule has 1 aromatic heterocycles. The van der Waals surface area contributed by atoms with E-state index in [9.17, 15) is 4.79 Å². The number of hydrogen-bond acceptors (Lipinski definition) is 4. The number of nitrogens with zero attached hydrogens (tertiary/aromatic N) is 4. The Morgan fingerprint density at radius 1 is 1.32 bits per heavy atom. The highest BCUT2D eigenvalue weighted by molar-refractivity contribution is 5.74. The Balaban J connectivity index is 1.77. The van der Waals surface area contributed by atoms with E-state index in [1.54, 1.807) is 6.92 Å². The van der Waals surface area contributed by atoms with Crippen LogP contribution in [0.2, 0.25) is 0 Å². The van der Waals surface area contributed by atoms with Crippen molar-refractivity contribution in [1.82, 2.24) is 14.7 Å². The summed E-state index contributed by atoms with van der Waals surface area (Å²) in [6, 6.07) is 8.48. The van der Waals surface area contributed by atoms with Crippen LogP contribution in [0.3, 0.4) is 0 Å². The van der Waals surface area contributed by atoms with Gasteiger partial charge in [-0.3, -0.25) is 9.48 Å². The predicted octanol–water partition coefficient (Wildman–Crippen LogP) is 3.29. The Bertz CT molecular complexity index is 856. The molecule has 150 valence electrons. The molecule has 0 radical (unpaired) electrons. The number of ether oxygens (including phenoxy) is 1. The maximum Gasteiger partial charge on any atom is 0.219 e. The van der Waals surface area contributed by atoms with Crippen molar-refractivity contribution >= 4 is 17.4 Å². The van der Waals surface area contributed by atoms with Gasteiger partial charge in [-0.2, -0.15) is 5.10 Å². The lowest BCUT2D eigenvalue weighted by Gasteiger charge is -2.30. The number of benzene rings is 1. The molecule has 0 N–H and O–H groups in total. The van der Waals surface area contributed by atoms with Crippen LogP contribution in [0.5, 0.6) is 0 Å². The van der Waals surface area contributed by atoms with E-state index in [0.717, 1.165) is 51.5 Å². The van der Waals surface area contributed by atoms with E-state index in [-0.39, 0.29) is 5.91 Å². The molecular weight excluding hydrogens is 352 g/mol. The second-order valence-electron chi connectivity index (χ2n) is 7.96. The van der Waals surface area contributed by atoms with Crippen LogP contribution in [0.15, 0.2) is 24.3 Å². The number of rotatable bonds is 6. The fraction of sp³-hybridized carbons (Fsp3) is 0.545. The molecule has 2 aliphatic rings. The average Bonchev–Trinajstić information content (AvgIpc) is 3.01. The van der Waals surface area contributed by atoms with Crippen molar-refractivity contribution in [2.24, 2.45) is 5.92 Å². The van der Waals surface area contributed by atoms with Crippen LogP contribution in [0.1, 0.15) is 37.1 Å². The summed E-state index contributed by atoms with van der Waals surface area (Å²) in [4.78, 5) is 16.3. The van der Waals surface area contributed by atoms with Crippen LogP contribution in [-0.2, 0) is 29.0 Å². The molecule has 0 saturated carbocycles. The predicted molar refractivity (Wildman–Crippen MR) is 110 cm³/mol. The molecule has 4 rings (SSSR count). The summed E-state index contributed by atoms with van der Waals surface area (Å²) in [5, 5.41) is 5.09. The van der Waals surface area contributed by atoms with Crippen molar-refractivity contribution in [3.63, 3.8) is 0 Å². The highest BCUT2D eigenvalue weighted by Crippen LogP contribution is 2.35. The first-order valence-corrected chi connectivity index (χ1v) is 10.3. The van der Waals surface area contributed by atoms with Gasteiger partial charge < -0.3 is 14.5 Å². The molecule has 1 amide bonds. The van der Waals surface area contributed by atoms with Crippen LogP contribution >= 0.6 is 0 Å². The zero-order chi connectivity index (χ0) is 19.7. The van der Waals surface area contributed by atoms with Gasteiger partial charge >= 0.3 is 0 Å². The molecule has 6 nitrogen and oxygen atoms in total. The Hall–Kier alpha value is -2.34. The van der Waals surface area contributed by atoms with Gasteiger partial charge in [-0.25, -0.2) is 0 Å². The molecule has 1 aromatic carbocycles. The van der Waals surface area contributed by atoms with E-state index in [0.29, 0.717) is 12.5 Å². The van der Waals surface area contributed by atoms with Crippen LogP contribution in [0.4, 0.5) is 11.5 Å². The van der Waals surface area contributed by atoms with Gasteiger partial charge in [0, 0.05) is 55.8 Å². The van der Waals surface area contributed by atoms with Gasteiger partial charge in [0.2, 0.25) is 5.91 Å². The highest BCUT2D eigenvalue weighted by atomic mass is 16.5. The lowest BCUT2D eigenvalue weighted by Crippen LogP contribution is -2.36. The molecular formula is C22H30N4O2. The molecule has 28 heavy (non-hydrogen) atoms. The number of para-hydroxylation sites is 1. The third-order valence-corrected chi connectivity index (χ3v) is 5.81. The van der Waals surface area contributed by atoms with Crippen LogP contribution in [-0.4, -0.2) is 46.9 Å². The quantitative estimate of drug-likeness (QED) is 0.769. The zero-order valence-electron chi connectivity index (χ0n) is 17.1. The minimum atomic E-state index is 0.134. The van der Waals surface area contributed by atoms with Crippen LogP contribution < -0.4 is 4.90 Å². The van der Waals surface area contributed by atoms with Gasteiger partial charge in [-0.15, -0.1) is 0 Å². The van der Waals surface area contributed by atoms with E-state index in [2.05, 4.69) is 47.7 Å². The lowest BCUT2D eigenvalue weighted by atomic mass is 10.0. The maximum absolute atomic E-state index is 12.0. The standard InChI is InChI=1S/C22H30N4O2/c1-4-10-25(20-8-6-5-7-16(20)2)22-19-13-24(17(3)27)11-9-21(19)26(23-22)12-18-14-28-15-18/h5-8,18H,4,9-15H2,1-3H3. The average molecular weight is 383 g/mol. The normalized spacial score (nSPS) is 16.6. The third-order valence-electron chi connectivity index (χ3n) is 5.81. The second-order valence-corrected chi connectivity index (χ2v) is 7.96. The fourth-order valence-electron chi connectivity index (χ4n) is 4.17. The molecule has 2 aromatic rings. The van der Waals surface area contributed by atoms with Gasteiger partial charge in [-0.05, 0) is 25.0 Å². The highest BCUT2D eigenvalue weighted by Gasteiger charge is 2.31. The summed E-state index contributed by atoms with van der Waals surface area (Å²) >= 11 is 0. The third kappa shape index (κ3) is 3.53. The SMILES string of the molecule is CCCN(c1ccccc1C)c1nn(CC2COC2)c2c1CN(C(C)=O)CC2. The van der Waals surface area contributed by atoms with E-state index in [1.165, 1.54) is 22.5 Å². The summed E-state index contributed by atoms with van der Waals surface area (Å²) in [6.07, 6.45) is 1.89. The van der Waals surface area contributed by atoms with Crippen LogP contribution in [0.25, 0.3) is 0 Å². The van der Waals surface area contributed by atoms with Crippen molar-refractivity contribution in [3.05, 3.63) is 41.1 Å². The van der Waals surface area contributed by atoms with Gasteiger partial charge in [0.05, 0.1) is 19.8 Å². The van der Waals surface area contributed by atoms with Crippen molar-refractivity contribution in [3.8, 4) is 0 Å². The van der Waals surface area contributed by atoms with Crippen molar-refractivity contribution < 1.29 is 9.53 Å². The molecule has 1 fully saturated rings. The Kier molecular flexibility index (Phi) is 5.40. The summed E-state index contributed by atoms with van der Waals surface area (Å²) in [5.41, 5.74) is 4.93. The number of carbonyl (C=O) groups excluding carboxylic acids is 1. The number of aromatic nitrogens is 2. The summed E-state index contributed by atoms with van der Waals surface area (Å²) in [5.74, 6) is 1.69. The molecule has 2 aliphatic heterocycles. The monoisotopic (exact) mass is 382 g/mol. The molecule has 6 heteroatoms. The number of hydrogen-bond donors (Lipinski definition) is 0. The molecule has 1 saturated heterocycles. The smallest absolute Gasteiger partial charge is 0.219 e. The van der Waals surface area contributed by atoms with E-state index < -0.39 is 0 Å². The topological polar surface area (TPSA) is 50.6 Å². The summed E-state index contributed by atoms with van der Waals surface area (Å²) in [7, 11) is 0. The molecule has 0 aliphatic carbocycles. The summed E-state index contributed by atoms with van der Waals surface area (Å²) in [6.45, 7) is 10.9.